The summed E-state index contributed by atoms with van der Waals surface area (Å²) in [6.45, 7) is 18.2. The monoisotopic (exact) mass is 708 g/mol. The van der Waals surface area contributed by atoms with Crippen LogP contribution in [0, 0.1) is 31.7 Å². The van der Waals surface area contributed by atoms with Gasteiger partial charge < -0.3 is 24.8 Å². The maximum Gasteiger partial charge on any atom is -0.172 e. The van der Waals surface area contributed by atoms with Crippen LogP contribution in [0.4, 0.5) is 0 Å². The summed E-state index contributed by atoms with van der Waals surface area (Å²) in [5.41, 5.74) is 11.6. The van der Waals surface area contributed by atoms with Gasteiger partial charge in [0.15, 0.2) is 0 Å². The van der Waals surface area contributed by atoms with Crippen LogP contribution in [0.15, 0.2) is 48.5 Å². The van der Waals surface area contributed by atoms with Crippen LogP contribution >= 0.6 is 0 Å². The minimum atomic E-state index is 0. The Morgan fingerprint density at radius 1 is 0.750 bits per heavy atom. The second kappa shape index (κ2) is 17.3. The molecule has 3 aromatic rings. The molecule has 0 aliphatic heterocycles. The van der Waals surface area contributed by atoms with E-state index >= 15 is 0 Å². The first-order valence-corrected chi connectivity index (χ1v) is 18.0. The second-order valence-corrected chi connectivity index (χ2v) is 17.2. The van der Waals surface area contributed by atoms with Crippen LogP contribution in [0.25, 0.3) is 11.1 Å². The summed E-state index contributed by atoms with van der Waals surface area (Å²) in [6.07, 6.45) is 16.2. The molecule has 0 unspecified atom stereocenters. The van der Waals surface area contributed by atoms with Crippen molar-refractivity contribution in [2.45, 2.75) is 137 Å². The molecule has 44 heavy (non-hydrogen) atoms. The molecule has 2 fully saturated rings. The van der Waals surface area contributed by atoms with E-state index in [-0.39, 0.29) is 35.6 Å². The predicted molar refractivity (Wildman–Crippen MR) is 181 cm³/mol. The van der Waals surface area contributed by atoms with Gasteiger partial charge in [-0.2, -0.15) is 35.9 Å². The Bertz CT molecular complexity index is 1200. The molecule has 3 aromatic carbocycles. The molecular formula is C41H56Cl2Zr-2. The zero-order valence-electron chi connectivity index (χ0n) is 28.8. The van der Waals surface area contributed by atoms with Gasteiger partial charge in [0.05, 0.1) is 0 Å². The van der Waals surface area contributed by atoms with Crippen LogP contribution in [0.2, 0.25) is 0 Å². The van der Waals surface area contributed by atoms with E-state index in [0.717, 1.165) is 18.3 Å². The third-order valence-corrected chi connectivity index (χ3v) is 10.7. The largest absolute Gasteiger partial charge is 0.214 e. The Balaban J connectivity index is 0.000000273. The summed E-state index contributed by atoms with van der Waals surface area (Å²) in [4.78, 5) is 0. The van der Waals surface area contributed by atoms with Gasteiger partial charge in [-0.15, -0.1) is 16.7 Å². The van der Waals surface area contributed by atoms with Crippen molar-refractivity contribution in [1.82, 2.24) is 0 Å². The average molecular weight is 711 g/mol. The summed E-state index contributed by atoms with van der Waals surface area (Å²) in [6, 6.07) is 20.9. The zero-order valence-corrected chi connectivity index (χ0v) is 32.8. The van der Waals surface area contributed by atoms with Gasteiger partial charge in [0.2, 0.25) is 0 Å². The standard InChI is InChI=1S/C23H29.C13H22.C5H5.2ClH.Zr/c1-14-9-16-11-17-10-15(2)21(23(6,7)8)13-19(17)18(16)12-20(14)22(3,4)5;1-2-7-12(6-1)10-5-11-13-8-3-4-9-13;1-2-4-5-3-1;;;/h9,12-13H,11H2,1-8H3;12-13H,1-4,6-11H2;1-5H;2*1H;/q-1;;-1;;;+2/p-2. The van der Waals surface area contributed by atoms with Crippen LogP contribution in [0.1, 0.15) is 139 Å². The SMILES string of the molecule is Cc1[c-]c2c(cc1C(C)(C)C)-c1cc(C(C)(C)C)c(C)cc1C2.[Cl-].[Cl-].[Zr+2]=[C](CC1CCCC1)CC1CCCC1.c1cc[cH-]c1. The van der Waals surface area contributed by atoms with E-state index in [0.29, 0.717) is 0 Å². The van der Waals surface area contributed by atoms with E-state index in [1.54, 1.807) is 24.2 Å². The molecule has 3 aliphatic rings. The fourth-order valence-corrected chi connectivity index (χ4v) is 8.97. The molecule has 0 amide bonds. The number of rotatable bonds is 4. The van der Waals surface area contributed by atoms with Crippen LogP contribution in [0.5, 0.6) is 0 Å². The number of aryl methyl sites for hydroxylation is 2. The van der Waals surface area contributed by atoms with E-state index in [2.05, 4.69) is 79.7 Å². The first-order valence-electron chi connectivity index (χ1n) is 16.8. The molecule has 0 spiro atoms. The maximum absolute atomic E-state index is 3.69. The van der Waals surface area contributed by atoms with Crippen molar-refractivity contribution in [2.24, 2.45) is 11.8 Å². The molecule has 0 atom stereocenters. The minimum Gasteiger partial charge on any atom is -0.214 e. The Labute approximate surface area is 298 Å². The Hall–Kier alpha value is -0.877. The van der Waals surface area contributed by atoms with Crippen molar-refractivity contribution in [3.63, 3.8) is 0 Å². The van der Waals surface area contributed by atoms with E-state index in [1.807, 2.05) is 33.5 Å². The first-order chi connectivity index (χ1) is 19.8. The van der Waals surface area contributed by atoms with E-state index in [4.69, 9.17) is 0 Å². The Morgan fingerprint density at radius 3 is 1.66 bits per heavy atom. The quantitative estimate of drug-likeness (QED) is 0.244. The molecule has 0 heterocycles. The van der Waals surface area contributed by atoms with Gasteiger partial charge >= 0.3 is 103 Å². The topological polar surface area (TPSA) is 0 Å². The third kappa shape index (κ3) is 10.8. The molecule has 0 nitrogen and oxygen atoms in total. The van der Waals surface area contributed by atoms with Crippen molar-refractivity contribution >= 4 is 3.21 Å². The normalized spacial score (nSPS) is 16.0. The van der Waals surface area contributed by atoms with Gasteiger partial charge in [0.25, 0.3) is 0 Å². The molecule has 0 bridgehead atoms. The van der Waals surface area contributed by atoms with E-state index in [9.17, 15) is 0 Å². The van der Waals surface area contributed by atoms with Crippen molar-refractivity contribution in [1.29, 1.82) is 0 Å². The summed E-state index contributed by atoms with van der Waals surface area (Å²) >= 11 is 1.74. The molecule has 3 aliphatic carbocycles. The van der Waals surface area contributed by atoms with Gasteiger partial charge in [-0.1, -0.05) is 71.6 Å². The van der Waals surface area contributed by atoms with Crippen LogP contribution < -0.4 is 24.8 Å². The smallest absolute Gasteiger partial charge is 0.172 e. The molecule has 2 saturated carbocycles. The third-order valence-electron chi connectivity index (χ3n) is 9.66. The van der Waals surface area contributed by atoms with Crippen LogP contribution in [-0.2, 0) is 41.5 Å². The number of hydrogen-bond acceptors (Lipinski definition) is 0. The fraction of sp³-hybridized carbons (Fsp3) is 0.561. The summed E-state index contributed by atoms with van der Waals surface area (Å²) < 4.78 is 1.90. The summed E-state index contributed by atoms with van der Waals surface area (Å²) in [7, 11) is 0. The molecule has 3 heteroatoms. The number of benzene rings is 2. The molecule has 0 N–H and O–H groups in total. The maximum atomic E-state index is 3.69. The Morgan fingerprint density at radius 2 is 1.23 bits per heavy atom. The number of hydrogen-bond donors (Lipinski definition) is 0. The average Bonchev–Trinajstić information content (AvgIpc) is 3.71. The van der Waals surface area contributed by atoms with Gasteiger partial charge in [-0.05, 0) is 35.4 Å². The predicted octanol–water partition coefficient (Wildman–Crippen LogP) is 5.55. The van der Waals surface area contributed by atoms with E-state index < -0.39 is 0 Å². The van der Waals surface area contributed by atoms with Gasteiger partial charge in [0, 0.05) is 0 Å². The van der Waals surface area contributed by atoms with Crippen molar-refractivity contribution in [3.05, 3.63) is 88.0 Å². The number of fused-ring (bicyclic) bond motifs is 3. The minimum absolute atomic E-state index is 0. The van der Waals surface area contributed by atoms with Crippen LogP contribution in [-0.4, -0.2) is 3.21 Å². The molecule has 240 valence electrons. The van der Waals surface area contributed by atoms with Gasteiger partial charge in [0.1, 0.15) is 0 Å². The van der Waals surface area contributed by atoms with Gasteiger partial charge in [-0.25, -0.2) is 12.1 Å². The molecular weight excluding hydrogens is 655 g/mol. The van der Waals surface area contributed by atoms with Crippen molar-refractivity contribution in [2.75, 3.05) is 0 Å². The molecule has 0 saturated heterocycles. The second-order valence-electron chi connectivity index (χ2n) is 15.5. The number of halogens is 2. The molecule has 0 radical (unpaired) electrons. The zero-order chi connectivity index (χ0) is 30.5. The molecule has 0 aromatic heterocycles. The fourth-order valence-electron chi connectivity index (χ4n) is 7.55. The van der Waals surface area contributed by atoms with E-state index in [1.165, 1.54) is 109 Å². The first kappa shape index (κ1) is 39.3. The van der Waals surface area contributed by atoms with Crippen LogP contribution in [0.3, 0.4) is 0 Å². The van der Waals surface area contributed by atoms with Gasteiger partial charge in [-0.3, -0.25) is 0 Å². The Kier molecular flexibility index (Phi) is 15.5. The van der Waals surface area contributed by atoms with Crippen molar-refractivity contribution in [3.8, 4) is 11.1 Å². The summed E-state index contributed by atoms with van der Waals surface area (Å²) in [5.74, 6) is 2.18. The molecule has 6 rings (SSSR count). The summed E-state index contributed by atoms with van der Waals surface area (Å²) in [5, 5.41) is 0. The van der Waals surface area contributed by atoms with Crippen molar-refractivity contribution < 1.29 is 49.0 Å².